The van der Waals surface area contributed by atoms with E-state index in [1.54, 1.807) is 30.5 Å². The van der Waals surface area contributed by atoms with Crippen molar-refractivity contribution >= 4 is 11.6 Å². The second-order valence-electron chi connectivity index (χ2n) is 3.85. The van der Waals surface area contributed by atoms with Crippen molar-refractivity contribution in [1.29, 1.82) is 0 Å². The zero-order valence-electron chi connectivity index (χ0n) is 10.1. The average molecular weight is 267 g/mol. The highest BCUT2D eigenvalue weighted by Crippen LogP contribution is 2.18. The molecule has 18 heavy (non-hydrogen) atoms. The van der Waals surface area contributed by atoms with E-state index in [0.717, 1.165) is 6.54 Å². The number of rotatable bonds is 5. The van der Waals surface area contributed by atoms with Gasteiger partial charge in [0.2, 0.25) is 0 Å². The van der Waals surface area contributed by atoms with Gasteiger partial charge in [0.05, 0.1) is 0 Å². The summed E-state index contributed by atoms with van der Waals surface area (Å²) in [5.41, 5.74) is 0. The van der Waals surface area contributed by atoms with Crippen molar-refractivity contribution in [3.63, 3.8) is 0 Å². The van der Waals surface area contributed by atoms with Crippen LogP contribution in [-0.2, 0) is 6.54 Å². The zero-order chi connectivity index (χ0) is 13.0. The van der Waals surface area contributed by atoms with E-state index in [0.29, 0.717) is 16.6 Å². The Hall–Kier alpha value is -1.52. The first-order valence-corrected chi connectivity index (χ1v) is 6.16. The second-order valence-corrected chi connectivity index (χ2v) is 4.29. The van der Waals surface area contributed by atoms with Crippen LogP contribution in [0.3, 0.4) is 0 Å². The summed E-state index contributed by atoms with van der Waals surface area (Å²) in [4.78, 5) is 4.13. The van der Waals surface area contributed by atoms with Crippen molar-refractivity contribution in [2.24, 2.45) is 0 Å². The Morgan fingerprint density at radius 3 is 2.78 bits per heavy atom. The highest BCUT2D eigenvalue weighted by atomic mass is 35.5. The fraction of sp³-hybridized carbons (Fsp3) is 0.308. The molecule has 96 valence electrons. The normalized spacial score (nSPS) is 12.4. The predicted octanol–water partition coefficient (Wildman–Crippen LogP) is 2.67. The van der Waals surface area contributed by atoms with Gasteiger partial charge in [-0.15, -0.1) is 0 Å². The Balaban J connectivity index is 1.96. The molecule has 4 nitrogen and oxygen atoms in total. The van der Waals surface area contributed by atoms with Crippen molar-refractivity contribution in [1.82, 2.24) is 9.55 Å². The van der Waals surface area contributed by atoms with E-state index in [9.17, 15) is 5.11 Å². The van der Waals surface area contributed by atoms with Crippen molar-refractivity contribution in [3.05, 3.63) is 47.5 Å². The van der Waals surface area contributed by atoms with Crippen molar-refractivity contribution in [2.45, 2.75) is 19.6 Å². The lowest BCUT2D eigenvalue weighted by atomic mass is 10.3. The molecule has 0 bridgehead atoms. The summed E-state index contributed by atoms with van der Waals surface area (Å²) in [5.74, 6) is 1.29. The van der Waals surface area contributed by atoms with E-state index in [1.165, 1.54) is 0 Å². The van der Waals surface area contributed by atoms with E-state index in [4.69, 9.17) is 16.3 Å². The molecule has 0 aliphatic carbocycles. The molecule has 0 saturated heterocycles. The van der Waals surface area contributed by atoms with Crippen molar-refractivity contribution < 1.29 is 9.84 Å². The fourth-order valence-electron chi connectivity index (χ4n) is 1.67. The van der Waals surface area contributed by atoms with Crippen LogP contribution in [0.15, 0.2) is 36.7 Å². The van der Waals surface area contributed by atoms with Crippen LogP contribution in [0.1, 0.15) is 18.9 Å². The maximum Gasteiger partial charge on any atom is 0.146 e. The van der Waals surface area contributed by atoms with Gasteiger partial charge in [-0.05, 0) is 31.2 Å². The molecule has 1 aromatic carbocycles. The quantitative estimate of drug-likeness (QED) is 0.905. The topological polar surface area (TPSA) is 47.3 Å². The molecule has 1 aromatic heterocycles. The zero-order valence-corrected chi connectivity index (χ0v) is 10.8. The molecular formula is C13H15ClN2O2. The van der Waals surface area contributed by atoms with E-state index in [2.05, 4.69) is 4.98 Å². The largest absolute Gasteiger partial charge is 0.490 e. The number of hydrogen-bond acceptors (Lipinski definition) is 3. The molecule has 1 heterocycles. The van der Waals surface area contributed by atoms with Crippen LogP contribution in [0.4, 0.5) is 0 Å². The van der Waals surface area contributed by atoms with E-state index in [1.807, 2.05) is 17.7 Å². The van der Waals surface area contributed by atoms with Crippen LogP contribution in [0, 0.1) is 0 Å². The van der Waals surface area contributed by atoms with Gasteiger partial charge in [-0.1, -0.05) is 11.6 Å². The minimum Gasteiger partial charge on any atom is -0.490 e. The van der Waals surface area contributed by atoms with Gasteiger partial charge in [0.25, 0.3) is 0 Å². The molecule has 0 fully saturated rings. The van der Waals surface area contributed by atoms with Gasteiger partial charge in [0.1, 0.15) is 24.3 Å². The third-order valence-electron chi connectivity index (χ3n) is 2.61. The van der Waals surface area contributed by atoms with Gasteiger partial charge in [-0.3, -0.25) is 0 Å². The van der Waals surface area contributed by atoms with Gasteiger partial charge < -0.3 is 14.4 Å². The summed E-state index contributed by atoms with van der Waals surface area (Å²) in [7, 11) is 0. The summed E-state index contributed by atoms with van der Waals surface area (Å²) in [6, 6.07) is 7.02. The van der Waals surface area contributed by atoms with Crippen molar-refractivity contribution in [2.75, 3.05) is 6.61 Å². The van der Waals surface area contributed by atoms with E-state index < -0.39 is 6.10 Å². The molecule has 0 saturated carbocycles. The molecule has 2 rings (SSSR count). The Bertz CT molecular complexity index is 496. The minimum absolute atomic E-state index is 0.165. The van der Waals surface area contributed by atoms with Crippen LogP contribution in [0.25, 0.3) is 0 Å². The molecule has 2 aromatic rings. The minimum atomic E-state index is -0.740. The molecule has 0 aliphatic rings. The Labute approximate surface area is 111 Å². The summed E-state index contributed by atoms with van der Waals surface area (Å²) in [6.07, 6.45) is 2.76. The lowest BCUT2D eigenvalue weighted by Gasteiger charge is -2.13. The molecular weight excluding hydrogens is 252 g/mol. The molecule has 0 spiro atoms. The Morgan fingerprint density at radius 2 is 2.11 bits per heavy atom. The van der Waals surface area contributed by atoms with Crippen LogP contribution >= 0.6 is 11.6 Å². The lowest BCUT2D eigenvalue weighted by Crippen LogP contribution is -2.15. The summed E-state index contributed by atoms with van der Waals surface area (Å²) >= 11 is 5.78. The van der Waals surface area contributed by atoms with Crippen LogP contribution in [-0.4, -0.2) is 21.3 Å². The van der Waals surface area contributed by atoms with Gasteiger partial charge in [0, 0.05) is 24.0 Å². The molecule has 5 heteroatoms. The molecule has 0 amide bonds. The third kappa shape index (κ3) is 3.03. The number of aromatic nitrogens is 2. The van der Waals surface area contributed by atoms with Gasteiger partial charge >= 0.3 is 0 Å². The Morgan fingerprint density at radius 1 is 1.39 bits per heavy atom. The van der Waals surface area contributed by atoms with E-state index >= 15 is 0 Å². The maximum atomic E-state index is 10.0. The fourth-order valence-corrected chi connectivity index (χ4v) is 1.79. The lowest BCUT2D eigenvalue weighted by molar-refractivity contribution is 0.0976. The smallest absolute Gasteiger partial charge is 0.146 e. The summed E-state index contributed by atoms with van der Waals surface area (Å²) in [5, 5.41) is 10.7. The number of nitrogens with zero attached hydrogens (tertiary/aromatic N) is 2. The number of aliphatic hydroxyl groups is 1. The van der Waals surface area contributed by atoms with Gasteiger partial charge in [-0.25, -0.2) is 4.98 Å². The first-order chi connectivity index (χ1) is 8.70. The third-order valence-corrected chi connectivity index (χ3v) is 2.86. The standard InChI is InChI=1S/C13H15ClN2O2/c1-2-16-8-7-15-13(16)12(17)9-18-11-5-3-10(14)4-6-11/h3-8,12,17H,2,9H2,1H3. The number of imidazole rings is 1. The SMILES string of the molecule is CCn1ccnc1C(O)COc1ccc(Cl)cc1. The van der Waals surface area contributed by atoms with Crippen LogP contribution < -0.4 is 4.74 Å². The second kappa shape index (κ2) is 5.89. The summed E-state index contributed by atoms with van der Waals surface area (Å²) < 4.78 is 7.37. The number of halogens is 1. The number of aryl methyl sites for hydroxylation is 1. The molecule has 0 aliphatic heterocycles. The molecule has 0 radical (unpaired) electrons. The first kappa shape index (κ1) is 12.9. The summed E-state index contributed by atoms with van der Waals surface area (Å²) in [6.45, 7) is 2.93. The maximum absolute atomic E-state index is 10.0. The number of benzene rings is 1. The van der Waals surface area contributed by atoms with Crippen molar-refractivity contribution in [3.8, 4) is 5.75 Å². The van der Waals surface area contributed by atoms with Crippen LogP contribution in [0.2, 0.25) is 5.02 Å². The van der Waals surface area contributed by atoms with E-state index in [-0.39, 0.29) is 6.61 Å². The number of aliphatic hydroxyl groups excluding tert-OH is 1. The molecule has 1 atom stereocenters. The predicted molar refractivity (Wildman–Crippen MR) is 69.8 cm³/mol. The number of ether oxygens (including phenoxy) is 1. The first-order valence-electron chi connectivity index (χ1n) is 5.78. The number of hydrogen-bond donors (Lipinski definition) is 1. The monoisotopic (exact) mass is 266 g/mol. The average Bonchev–Trinajstić information content (AvgIpc) is 2.86. The highest BCUT2D eigenvalue weighted by Gasteiger charge is 2.13. The highest BCUT2D eigenvalue weighted by molar-refractivity contribution is 6.30. The van der Waals surface area contributed by atoms with Gasteiger partial charge in [-0.2, -0.15) is 0 Å². The van der Waals surface area contributed by atoms with Gasteiger partial charge in [0.15, 0.2) is 0 Å². The molecule has 1 N–H and O–H groups in total. The van der Waals surface area contributed by atoms with Crippen LogP contribution in [0.5, 0.6) is 5.75 Å². The Kier molecular flexibility index (Phi) is 4.23. The molecule has 1 unspecified atom stereocenters.